The fourth-order valence-corrected chi connectivity index (χ4v) is 1.41. The van der Waals surface area contributed by atoms with Gasteiger partial charge in [0.1, 0.15) is 0 Å². The lowest BCUT2D eigenvalue weighted by atomic mass is 10.1. The highest BCUT2D eigenvalue weighted by Gasteiger charge is 2.36. The number of alkyl halides is 1. The van der Waals surface area contributed by atoms with Crippen LogP contribution in [0.1, 0.15) is 32.6 Å². The highest BCUT2D eigenvalue weighted by atomic mass is 35.5. The Morgan fingerprint density at radius 2 is 2.00 bits per heavy atom. The van der Waals surface area contributed by atoms with Crippen LogP contribution in [-0.4, -0.2) is 18.1 Å². The summed E-state index contributed by atoms with van der Waals surface area (Å²) < 4.78 is 5.38. The zero-order valence-corrected chi connectivity index (χ0v) is 7.23. The Balaban J connectivity index is 1.92. The predicted molar refractivity (Wildman–Crippen MR) is 43.5 cm³/mol. The van der Waals surface area contributed by atoms with Crippen molar-refractivity contribution < 1.29 is 4.74 Å². The Morgan fingerprint density at radius 3 is 2.60 bits per heavy atom. The van der Waals surface area contributed by atoms with Crippen molar-refractivity contribution in [3.05, 3.63) is 0 Å². The van der Waals surface area contributed by atoms with Crippen LogP contribution in [0.4, 0.5) is 0 Å². The number of halogens is 1. The molecule has 0 aromatic rings. The Hall–Kier alpha value is 0.250. The van der Waals surface area contributed by atoms with Crippen LogP contribution in [0, 0.1) is 0 Å². The molecular formula is C8H15ClO. The number of hydrogen-bond acceptors (Lipinski definition) is 1. The summed E-state index contributed by atoms with van der Waals surface area (Å²) in [5.41, 5.74) is 0. The van der Waals surface area contributed by atoms with E-state index in [0.717, 1.165) is 12.3 Å². The molecule has 0 aromatic carbocycles. The number of rotatable bonds is 5. The second kappa shape index (κ2) is 4.20. The summed E-state index contributed by atoms with van der Waals surface area (Å²) in [7, 11) is 0. The van der Waals surface area contributed by atoms with Gasteiger partial charge in [-0.05, 0) is 12.8 Å². The lowest BCUT2D eigenvalue weighted by molar-refractivity contribution is 0.357. The first-order chi connectivity index (χ1) is 4.88. The molecule has 2 heteroatoms. The number of epoxide rings is 1. The summed E-state index contributed by atoms with van der Waals surface area (Å²) in [5, 5.41) is 0. The molecule has 1 heterocycles. The van der Waals surface area contributed by atoms with Crippen molar-refractivity contribution in [2.45, 2.75) is 44.8 Å². The maximum atomic E-state index is 5.56. The monoisotopic (exact) mass is 162 g/mol. The minimum Gasteiger partial charge on any atom is -0.370 e. The summed E-state index contributed by atoms with van der Waals surface area (Å²) in [6.07, 6.45) is 5.90. The Bertz CT molecular complexity index is 95.3. The van der Waals surface area contributed by atoms with Gasteiger partial charge in [-0.2, -0.15) is 0 Å². The second-order valence-corrected chi connectivity index (χ2v) is 3.21. The molecule has 0 amide bonds. The molecule has 60 valence electrons. The van der Waals surface area contributed by atoms with E-state index in [-0.39, 0.29) is 0 Å². The molecule has 1 fully saturated rings. The molecule has 1 saturated heterocycles. The third-order valence-corrected chi connectivity index (χ3v) is 2.14. The van der Waals surface area contributed by atoms with Crippen LogP contribution >= 0.6 is 11.6 Å². The highest BCUT2D eigenvalue weighted by molar-refractivity contribution is 6.17. The standard InChI is InChI=1S/C8H15ClO/c1-2-3-4-7-8(10-7)5-6-9/h7-8H,2-6H2,1H3/t7-,8+/m0/s1. The summed E-state index contributed by atoms with van der Waals surface area (Å²) in [6, 6.07) is 0. The third-order valence-electron chi connectivity index (χ3n) is 1.92. The second-order valence-electron chi connectivity index (χ2n) is 2.83. The van der Waals surface area contributed by atoms with Crippen LogP contribution in [0.2, 0.25) is 0 Å². The van der Waals surface area contributed by atoms with Gasteiger partial charge in [0.05, 0.1) is 12.2 Å². The van der Waals surface area contributed by atoms with E-state index in [1.807, 2.05) is 0 Å². The van der Waals surface area contributed by atoms with Gasteiger partial charge in [0.15, 0.2) is 0 Å². The maximum absolute atomic E-state index is 5.56. The maximum Gasteiger partial charge on any atom is 0.0853 e. The Kier molecular flexibility index (Phi) is 3.50. The van der Waals surface area contributed by atoms with E-state index in [9.17, 15) is 0 Å². The van der Waals surface area contributed by atoms with Crippen molar-refractivity contribution in [3.63, 3.8) is 0 Å². The average Bonchev–Trinajstić information content (AvgIpc) is 2.65. The number of unbranched alkanes of at least 4 members (excludes halogenated alkanes) is 1. The molecule has 0 saturated carbocycles. The molecule has 0 N–H and O–H groups in total. The fraction of sp³-hybridized carbons (Fsp3) is 1.00. The van der Waals surface area contributed by atoms with Gasteiger partial charge in [-0.25, -0.2) is 0 Å². The summed E-state index contributed by atoms with van der Waals surface area (Å²) in [4.78, 5) is 0. The normalized spacial score (nSPS) is 30.6. The quantitative estimate of drug-likeness (QED) is 0.447. The molecule has 1 aliphatic heterocycles. The Labute approximate surface area is 67.7 Å². The minimum atomic E-state index is 0.504. The van der Waals surface area contributed by atoms with Gasteiger partial charge in [0.25, 0.3) is 0 Å². The van der Waals surface area contributed by atoms with Gasteiger partial charge in [-0.3, -0.25) is 0 Å². The van der Waals surface area contributed by atoms with E-state index < -0.39 is 0 Å². The largest absolute Gasteiger partial charge is 0.370 e. The van der Waals surface area contributed by atoms with Gasteiger partial charge < -0.3 is 4.74 Å². The van der Waals surface area contributed by atoms with E-state index in [1.54, 1.807) is 0 Å². The van der Waals surface area contributed by atoms with Crippen molar-refractivity contribution in [2.75, 3.05) is 5.88 Å². The molecular weight excluding hydrogens is 148 g/mol. The first-order valence-electron chi connectivity index (χ1n) is 4.10. The lowest BCUT2D eigenvalue weighted by Gasteiger charge is -1.90. The molecule has 0 unspecified atom stereocenters. The first-order valence-corrected chi connectivity index (χ1v) is 4.63. The molecule has 0 aliphatic carbocycles. The summed E-state index contributed by atoms with van der Waals surface area (Å²) >= 11 is 5.56. The van der Waals surface area contributed by atoms with Crippen molar-refractivity contribution in [1.29, 1.82) is 0 Å². The molecule has 1 rings (SSSR count). The van der Waals surface area contributed by atoms with Crippen LogP contribution in [0.3, 0.4) is 0 Å². The fourth-order valence-electron chi connectivity index (χ4n) is 1.20. The predicted octanol–water partition coefficient (Wildman–Crippen LogP) is 2.57. The summed E-state index contributed by atoms with van der Waals surface area (Å²) in [6.45, 7) is 2.21. The van der Waals surface area contributed by atoms with Gasteiger partial charge >= 0.3 is 0 Å². The zero-order chi connectivity index (χ0) is 7.40. The van der Waals surface area contributed by atoms with Crippen molar-refractivity contribution >= 4 is 11.6 Å². The van der Waals surface area contributed by atoms with Crippen LogP contribution < -0.4 is 0 Å². The molecule has 1 aliphatic rings. The smallest absolute Gasteiger partial charge is 0.0853 e. The number of hydrogen-bond donors (Lipinski definition) is 0. The summed E-state index contributed by atoms with van der Waals surface area (Å²) in [5.74, 6) is 0.743. The van der Waals surface area contributed by atoms with Gasteiger partial charge in [0.2, 0.25) is 0 Å². The lowest BCUT2D eigenvalue weighted by Crippen LogP contribution is -1.94. The third kappa shape index (κ3) is 2.47. The first kappa shape index (κ1) is 8.35. The molecule has 10 heavy (non-hydrogen) atoms. The topological polar surface area (TPSA) is 12.5 Å². The molecule has 2 atom stereocenters. The van der Waals surface area contributed by atoms with Crippen LogP contribution in [0.15, 0.2) is 0 Å². The van der Waals surface area contributed by atoms with E-state index in [4.69, 9.17) is 16.3 Å². The molecule has 1 nitrogen and oxygen atoms in total. The van der Waals surface area contributed by atoms with Crippen molar-refractivity contribution in [2.24, 2.45) is 0 Å². The van der Waals surface area contributed by atoms with Crippen molar-refractivity contribution in [3.8, 4) is 0 Å². The van der Waals surface area contributed by atoms with Crippen molar-refractivity contribution in [1.82, 2.24) is 0 Å². The number of ether oxygens (including phenoxy) is 1. The molecule has 0 bridgehead atoms. The zero-order valence-electron chi connectivity index (χ0n) is 6.48. The average molecular weight is 163 g/mol. The van der Waals surface area contributed by atoms with Crippen LogP contribution in [0.25, 0.3) is 0 Å². The molecule has 0 radical (unpaired) electrons. The molecule has 0 spiro atoms. The van der Waals surface area contributed by atoms with Crippen LogP contribution in [-0.2, 0) is 4.74 Å². The van der Waals surface area contributed by atoms with Gasteiger partial charge in [-0.1, -0.05) is 19.8 Å². The minimum absolute atomic E-state index is 0.504. The van der Waals surface area contributed by atoms with E-state index in [1.165, 1.54) is 19.3 Å². The SMILES string of the molecule is CCCC[C@@H]1O[C@@H]1CCCl. The van der Waals surface area contributed by atoms with E-state index in [0.29, 0.717) is 12.2 Å². The van der Waals surface area contributed by atoms with Gasteiger partial charge in [-0.15, -0.1) is 11.6 Å². The van der Waals surface area contributed by atoms with Crippen LogP contribution in [0.5, 0.6) is 0 Å². The highest BCUT2D eigenvalue weighted by Crippen LogP contribution is 2.29. The molecule has 0 aromatic heterocycles. The Morgan fingerprint density at radius 1 is 1.30 bits per heavy atom. The van der Waals surface area contributed by atoms with E-state index in [2.05, 4.69) is 6.92 Å². The van der Waals surface area contributed by atoms with Gasteiger partial charge in [0, 0.05) is 5.88 Å². The van der Waals surface area contributed by atoms with E-state index >= 15 is 0 Å².